The Bertz CT molecular complexity index is 966. The van der Waals surface area contributed by atoms with E-state index in [1.807, 2.05) is 36.1 Å². The summed E-state index contributed by atoms with van der Waals surface area (Å²) in [5.74, 6) is 0.924. The average molecular weight is 416 g/mol. The number of hydrogen-bond acceptors (Lipinski definition) is 3. The van der Waals surface area contributed by atoms with E-state index in [-0.39, 0.29) is 17.6 Å². The zero-order valence-corrected chi connectivity index (χ0v) is 18.2. The molecule has 1 amide bonds. The Hall–Kier alpha value is -2.15. The number of amides is 1. The van der Waals surface area contributed by atoms with Crippen molar-refractivity contribution in [3.63, 3.8) is 0 Å². The number of likely N-dealkylation sites (N-methyl/N-ethyl adjacent to an activating group) is 1. The maximum atomic E-state index is 13.5. The highest BCUT2D eigenvalue weighted by atomic mass is 32.2. The number of nitrogens with zero attached hydrogens (tertiary/aromatic N) is 3. The van der Waals surface area contributed by atoms with Crippen LogP contribution in [0.1, 0.15) is 50.2 Å². The Morgan fingerprint density at radius 2 is 1.79 bits per heavy atom. The number of likely N-dealkylation sites (tertiary alicyclic amines) is 1. The van der Waals surface area contributed by atoms with E-state index in [0.29, 0.717) is 29.7 Å². The van der Waals surface area contributed by atoms with Gasteiger partial charge in [0.25, 0.3) is 5.91 Å². The molecule has 29 heavy (non-hydrogen) atoms. The van der Waals surface area contributed by atoms with Crippen molar-refractivity contribution < 1.29 is 13.2 Å². The molecule has 7 heteroatoms. The first kappa shape index (κ1) is 20.1. The molecule has 6 nitrogen and oxygen atoms in total. The van der Waals surface area contributed by atoms with Crippen molar-refractivity contribution in [1.82, 2.24) is 9.21 Å². The Morgan fingerprint density at radius 1 is 1.10 bits per heavy atom. The van der Waals surface area contributed by atoms with Crippen LogP contribution in [0.5, 0.6) is 0 Å². The Morgan fingerprint density at radius 3 is 2.52 bits per heavy atom. The third-order valence-corrected chi connectivity index (χ3v) is 8.05. The number of carbonyl (C=O) groups is 1. The van der Waals surface area contributed by atoms with E-state index in [1.165, 1.54) is 13.5 Å². The monoisotopic (exact) mass is 415 g/mol. The fourth-order valence-corrected chi connectivity index (χ4v) is 5.83. The van der Waals surface area contributed by atoms with Crippen molar-refractivity contribution in [2.24, 2.45) is 16.2 Å². The van der Waals surface area contributed by atoms with Crippen LogP contribution in [-0.4, -0.2) is 48.9 Å². The Labute approximate surface area is 173 Å². The zero-order chi connectivity index (χ0) is 20.8. The number of carbonyl (C=O) groups excluding carboxylic acids is 1. The number of piperidine rings is 1. The average Bonchev–Trinajstić information content (AvgIpc) is 2.70. The second kappa shape index (κ2) is 7.59. The van der Waals surface area contributed by atoms with Gasteiger partial charge in [-0.3, -0.25) is 4.79 Å². The van der Waals surface area contributed by atoms with Crippen LogP contribution >= 0.6 is 0 Å². The molecule has 3 atom stereocenters. The highest BCUT2D eigenvalue weighted by molar-refractivity contribution is 7.88. The molecule has 0 spiro atoms. The molecule has 2 heterocycles. The minimum absolute atomic E-state index is 0.189. The minimum Gasteiger partial charge on any atom is -0.334 e. The van der Waals surface area contributed by atoms with E-state index < -0.39 is 10.2 Å². The number of benzene rings is 1. The van der Waals surface area contributed by atoms with Gasteiger partial charge in [0.2, 0.25) is 0 Å². The maximum absolute atomic E-state index is 13.5. The van der Waals surface area contributed by atoms with Gasteiger partial charge in [-0.15, -0.1) is 4.40 Å². The lowest BCUT2D eigenvalue weighted by molar-refractivity contribution is -0.135. The molecule has 3 aliphatic rings. The van der Waals surface area contributed by atoms with Crippen LogP contribution in [0, 0.1) is 18.8 Å². The molecule has 0 aromatic heterocycles. The van der Waals surface area contributed by atoms with Crippen molar-refractivity contribution >= 4 is 21.8 Å². The van der Waals surface area contributed by atoms with Crippen LogP contribution in [0.3, 0.4) is 0 Å². The topological polar surface area (TPSA) is 70.0 Å². The van der Waals surface area contributed by atoms with E-state index >= 15 is 0 Å². The quantitative estimate of drug-likeness (QED) is 0.744. The first-order valence-corrected chi connectivity index (χ1v) is 11.9. The maximum Gasteiger partial charge on any atom is 0.345 e. The van der Waals surface area contributed by atoms with E-state index in [4.69, 9.17) is 0 Å². The number of rotatable bonds is 2. The zero-order valence-electron chi connectivity index (χ0n) is 17.3. The normalized spacial score (nSPS) is 29.0. The van der Waals surface area contributed by atoms with Gasteiger partial charge in [-0.25, -0.2) is 4.31 Å². The van der Waals surface area contributed by atoms with Crippen LogP contribution in [0.4, 0.5) is 0 Å². The summed E-state index contributed by atoms with van der Waals surface area (Å²) in [5, 5.41) is 0. The van der Waals surface area contributed by atoms with Crippen LogP contribution in [0.25, 0.3) is 0 Å². The summed E-state index contributed by atoms with van der Waals surface area (Å²) in [5.41, 5.74) is 2.28. The highest BCUT2D eigenvalue weighted by Gasteiger charge is 2.42. The first-order chi connectivity index (χ1) is 13.8. The third-order valence-electron chi connectivity index (χ3n) is 6.74. The first-order valence-electron chi connectivity index (χ1n) is 10.5. The minimum atomic E-state index is -3.94. The van der Waals surface area contributed by atoms with Gasteiger partial charge in [-0.05, 0) is 44.1 Å². The smallest absolute Gasteiger partial charge is 0.334 e. The van der Waals surface area contributed by atoms with Crippen molar-refractivity contribution in [2.45, 2.75) is 52.0 Å². The van der Waals surface area contributed by atoms with Crippen molar-refractivity contribution in [3.05, 3.63) is 47.2 Å². The van der Waals surface area contributed by atoms with Crippen LogP contribution in [0.2, 0.25) is 0 Å². The molecule has 3 unspecified atom stereocenters. The summed E-state index contributed by atoms with van der Waals surface area (Å²) >= 11 is 0. The molecule has 156 valence electrons. The molecular weight excluding hydrogens is 386 g/mol. The lowest BCUT2D eigenvalue weighted by atomic mass is 9.72. The lowest BCUT2D eigenvalue weighted by Gasteiger charge is -2.47. The van der Waals surface area contributed by atoms with Crippen LogP contribution < -0.4 is 0 Å². The van der Waals surface area contributed by atoms with Crippen molar-refractivity contribution in [3.8, 4) is 0 Å². The summed E-state index contributed by atoms with van der Waals surface area (Å²) in [6, 6.07) is 7.72. The van der Waals surface area contributed by atoms with Gasteiger partial charge < -0.3 is 4.90 Å². The van der Waals surface area contributed by atoms with Gasteiger partial charge in [-0.1, -0.05) is 49.6 Å². The van der Waals surface area contributed by atoms with Crippen molar-refractivity contribution in [2.75, 3.05) is 13.6 Å². The largest absolute Gasteiger partial charge is 0.345 e. The predicted octanol–water partition coefficient (Wildman–Crippen LogP) is 3.29. The second-order valence-corrected chi connectivity index (χ2v) is 10.2. The van der Waals surface area contributed by atoms with Gasteiger partial charge in [0.1, 0.15) is 5.70 Å². The standard InChI is InChI=1S/C22H29N3O3S/c1-15-8-10-17(11-9-15)19-14-21(24(3)29(27,28)23-19)22(26)25-13-12-16(2)18-6-4-5-7-20(18)25/h8-11,14,16,18,20H,4-7,12-13H2,1-3H3. The van der Waals surface area contributed by atoms with Gasteiger partial charge >= 0.3 is 10.2 Å². The summed E-state index contributed by atoms with van der Waals surface area (Å²) < 4.78 is 30.3. The molecule has 2 aliphatic heterocycles. The number of aryl methyl sites for hydroxylation is 1. The number of allylic oxidation sites excluding steroid dienone is 1. The molecule has 1 aromatic rings. The van der Waals surface area contributed by atoms with Crippen LogP contribution in [-0.2, 0) is 15.0 Å². The SMILES string of the molecule is Cc1ccc(C2=NS(=O)(=O)N(C)C(C(=O)N3CCC(C)C4CCCCC43)=C2)cc1. The van der Waals surface area contributed by atoms with E-state index in [2.05, 4.69) is 11.3 Å². The molecule has 1 aliphatic carbocycles. The summed E-state index contributed by atoms with van der Waals surface area (Å²) in [6.07, 6.45) is 7.09. The second-order valence-electron chi connectivity index (χ2n) is 8.60. The van der Waals surface area contributed by atoms with Gasteiger partial charge in [0, 0.05) is 25.2 Å². The van der Waals surface area contributed by atoms with Gasteiger partial charge in [-0.2, -0.15) is 8.42 Å². The van der Waals surface area contributed by atoms with Gasteiger partial charge in [0.05, 0.1) is 5.71 Å². The Balaban J connectivity index is 1.69. The lowest BCUT2D eigenvalue weighted by Crippen LogP contribution is -2.54. The molecule has 0 bridgehead atoms. The molecule has 4 rings (SSSR count). The summed E-state index contributed by atoms with van der Waals surface area (Å²) in [6.45, 7) is 4.94. The highest BCUT2D eigenvalue weighted by Crippen LogP contribution is 2.39. The molecule has 1 aromatic carbocycles. The van der Waals surface area contributed by atoms with E-state index in [1.54, 1.807) is 6.08 Å². The molecule has 0 radical (unpaired) electrons. The van der Waals surface area contributed by atoms with E-state index in [0.717, 1.165) is 35.6 Å². The number of hydrogen-bond donors (Lipinski definition) is 0. The molecule has 0 N–H and O–H groups in total. The fraction of sp³-hybridized carbons (Fsp3) is 0.545. The molecule has 1 saturated heterocycles. The van der Waals surface area contributed by atoms with Crippen molar-refractivity contribution in [1.29, 1.82) is 0 Å². The van der Waals surface area contributed by atoms with Gasteiger partial charge in [0.15, 0.2) is 0 Å². The predicted molar refractivity (Wildman–Crippen MR) is 114 cm³/mol. The molecule has 1 saturated carbocycles. The summed E-state index contributed by atoms with van der Waals surface area (Å²) in [7, 11) is -2.52. The fourth-order valence-electron chi connectivity index (χ4n) is 4.93. The third kappa shape index (κ3) is 3.72. The van der Waals surface area contributed by atoms with E-state index in [9.17, 15) is 13.2 Å². The number of fused-ring (bicyclic) bond motifs is 1. The Kier molecular flexibility index (Phi) is 5.27. The molecule has 2 fully saturated rings. The molecular formula is C22H29N3O3S. The summed E-state index contributed by atoms with van der Waals surface area (Å²) in [4.78, 5) is 15.5. The van der Waals surface area contributed by atoms with Crippen LogP contribution in [0.15, 0.2) is 40.4 Å².